The third-order valence-corrected chi connectivity index (χ3v) is 3.60. The van der Waals surface area contributed by atoms with Crippen LogP contribution in [0.4, 0.5) is 10.1 Å². The maximum atomic E-state index is 12.8. The number of fused-ring (bicyclic) bond motifs is 1. The Morgan fingerprint density at radius 3 is 2.73 bits per heavy atom. The summed E-state index contributed by atoms with van der Waals surface area (Å²) in [7, 11) is 0. The van der Waals surface area contributed by atoms with Crippen LogP contribution in [0.15, 0.2) is 42.5 Å². The van der Waals surface area contributed by atoms with Gasteiger partial charge in [0.05, 0.1) is 6.42 Å². The van der Waals surface area contributed by atoms with Gasteiger partial charge in [-0.15, -0.1) is 0 Å². The molecule has 5 heteroatoms. The molecule has 22 heavy (non-hydrogen) atoms. The molecule has 0 unspecified atom stereocenters. The fraction of sp³-hybridized carbons (Fsp3) is 0.176. The summed E-state index contributed by atoms with van der Waals surface area (Å²) in [6.45, 7) is 0.641. The summed E-state index contributed by atoms with van der Waals surface area (Å²) in [5, 5.41) is 5.54. The van der Waals surface area contributed by atoms with Crippen molar-refractivity contribution >= 4 is 17.5 Å². The second-order valence-corrected chi connectivity index (χ2v) is 5.23. The third kappa shape index (κ3) is 3.14. The van der Waals surface area contributed by atoms with Crippen LogP contribution in [0.2, 0.25) is 0 Å². The van der Waals surface area contributed by atoms with Crippen molar-refractivity contribution in [1.82, 2.24) is 5.32 Å². The molecule has 0 fully saturated rings. The molecule has 1 heterocycles. The quantitative estimate of drug-likeness (QED) is 0.913. The number of rotatable bonds is 3. The van der Waals surface area contributed by atoms with Crippen molar-refractivity contribution in [3.63, 3.8) is 0 Å². The number of hydrogen-bond donors (Lipinski definition) is 2. The number of anilines is 1. The lowest BCUT2D eigenvalue weighted by Gasteiger charge is -2.17. The number of benzene rings is 2. The third-order valence-electron chi connectivity index (χ3n) is 3.60. The highest BCUT2D eigenvalue weighted by Crippen LogP contribution is 2.19. The first-order valence-electron chi connectivity index (χ1n) is 7.07. The van der Waals surface area contributed by atoms with E-state index in [1.807, 2.05) is 6.07 Å². The molecule has 0 spiro atoms. The van der Waals surface area contributed by atoms with Gasteiger partial charge in [0.15, 0.2) is 0 Å². The SMILES string of the molecule is O=C(Cc1ccc(F)cc1)Nc1ccc2c(c1)C(=O)NCC2. The summed E-state index contributed by atoms with van der Waals surface area (Å²) in [6, 6.07) is 11.1. The van der Waals surface area contributed by atoms with Crippen LogP contribution in [-0.2, 0) is 17.6 Å². The Bertz CT molecular complexity index is 726. The summed E-state index contributed by atoms with van der Waals surface area (Å²) in [5.41, 5.74) is 2.91. The summed E-state index contributed by atoms with van der Waals surface area (Å²) < 4.78 is 12.8. The van der Waals surface area contributed by atoms with Gasteiger partial charge in [-0.2, -0.15) is 0 Å². The molecule has 112 valence electrons. The van der Waals surface area contributed by atoms with Crippen LogP contribution in [0.25, 0.3) is 0 Å². The van der Waals surface area contributed by atoms with E-state index in [2.05, 4.69) is 10.6 Å². The molecule has 0 radical (unpaired) electrons. The smallest absolute Gasteiger partial charge is 0.251 e. The van der Waals surface area contributed by atoms with Crippen molar-refractivity contribution in [3.8, 4) is 0 Å². The Morgan fingerprint density at radius 1 is 1.18 bits per heavy atom. The van der Waals surface area contributed by atoms with Crippen molar-refractivity contribution in [1.29, 1.82) is 0 Å². The Hall–Kier alpha value is -2.69. The highest BCUT2D eigenvalue weighted by atomic mass is 19.1. The maximum absolute atomic E-state index is 12.8. The number of carbonyl (C=O) groups excluding carboxylic acids is 2. The normalized spacial score (nSPS) is 13.2. The van der Waals surface area contributed by atoms with E-state index >= 15 is 0 Å². The van der Waals surface area contributed by atoms with Gasteiger partial charge in [0.1, 0.15) is 5.82 Å². The monoisotopic (exact) mass is 298 g/mol. The lowest BCUT2D eigenvalue weighted by atomic mass is 10.00. The zero-order valence-corrected chi connectivity index (χ0v) is 11.9. The van der Waals surface area contributed by atoms with E-state index in [4.69, 9.17) is 0 Å². The molecule has 4 nitrogen and oxygen atoms in total. The first-order valence-corrected chi connectivity index (χ1v) is 7.07. The molecule has 3 rings (SSSR count). The number of hydrogen-bond acceptors (Lipinski definition) is 2. The highest BCUT2D eigenvalue weighted by molar-refractivity contribution is 5.99. The van der Waals surface area contributed by atoms with Gasteiger partial charge < -0.3 is 10.6 Å². The molecule has 1 aliphatic rings. The largest absolute Gasteiger partial charge is 0.352 e. The van der Waals surface area contributed by atoms with Crippen molar-refractivity contribution < 1.29 is 14.0 Å². The molecule has 0 atom stereocenters. The molecule has 0 saturated carbocycles. The maximum Gasteiger partial charge on any atom is 0.251 e. The lowest BCUT2D eigenvalue weighted by Crippen LogP contribution is -2.31. The van der Waals surface area contributed by atoms with Gasteiger partial charge in [0, 0.05) is 17.8 Å². The number of carbonyl (C=O) groups is 2. The zero-order valence-electron chi connectivity index (χ0n) is 11.9. The second kappa shape index (κ2) is 5.97. The van der Waals surface area contributed by atoms with Crippen LogP contribution in [0.3, 0.4) is 0 Å². The average Bonchev–Trinajstić information content (AvgIpc) is 2.50. The van der Waals surface area contributed by atoms with Gasteiger partial charge in [0.25, 0.3) is 5.91 Å². The first-order chi connectivity index (χ1) is 10.6. The number of amides is 2. The van der Waals surface area contributed by atoms with Gasteiger partial charge >= 0.3 is 0 Å². The molecular formula is C17H15FN2O2. The van der Waals surface area contributed by atoms with E-state index < -0.39 is 0 Å². The second-order valence-electron chi connectivity index (χ2n) is 5.23. The molecule has 2 N–H and O–H groups in total. The molecule has 2 aromatic carbocycles. The van der Waals surface area contributed by atoms with Crippen LogP contribution in [0, 0.1) is 5.82 Å². The molecule has 0 bridgehead atoms. The van der Waals surface area contributed by atoms with Crippen molar-refractivity contribution in [2.45, 2.75) is 12.8 Å². The Balaban J connectivity index is 1.70. The van der Waals surface area contributed by atoms with Gasteiger partial charge in [-0.3, -0.25) is 9.59 Å². The zero-order chi connectivity index (χ0) is 15.5. The molecule has 0 aliphatic carbocycles. The van der Waals surface area contributed by atoms with E-state index in [-0.39, 0.29) is 24.1 Å². The molecule has 2 amide bonds. The average molecular weight is 298 g/mol. The molecule has 0 saturated heterocycles. The summed E-state index contributed by atoms with van der Waals surface area (Å²) >= 11 is 0. The van der Waals surface area contributed by atoms with Crippen LogP contribution in [-0.4, -0.2) is 18.4 Å². The van der Waals surface area contributed by atoms with Crippen molar-refractivity contribution in [2.24, 2.45) is 0 Å². The Morgan fingerprint density at radius 2 is 1.95 bits per heavy atom. The summed E-state index contributed by atoms with van der Waals surface area (Å²) in [6.07, 6.45) is 0.953. The minimum atomic E-state index is -0.329. The lowest BCUT2D eigenvalue weighted by molar-refractivity contribution is -0.115. The minimum absolute atomic E-state index is 0.115. The summed E-state index contributed by atoms with van der Waals surface area (Å²) in [4.78, 5) is 23.8. The first kappa shape index (κ1) is 14.3. The predicted octanol–water partition coefficient (Wildman–Crippen LogP) is 2.29. The topological polar surface area (TPSA) is 58.2 Å². The standard InChI is InChI=1S/C17H15FN2O2/c18-13-4-1-11(2-5-13)9-16(21)20-14-6-3-12-7-8-19-17(22)15(12)10-14/h1-6,10H,7-9H2,(H,19,22)(H,20,21). The van der Waals surface area contributed by atoms with Gasteiger partial charge in [0.2, 0.25) is 5.91 Å². The van der Waals surface area contributed by atoms with E-state index in [0.29, 0.717) is 17.8 Å². The summed E-state index contributed by atoms with van der Waals surface area (Å²) in [5.74, 6) is -0.650. The predicted molar refractivity (Wildman–Crippen MR) is 81.2 cm³/mol. The molecule has 1 aliphatic heterocycles. The van der Waals surface area contributed by atoms with E-state index in [9.17, 15) is 14.0 Å². The van der Waals surface area contributed by atoms with Gasteiger partial charge in [-0.05, 0) is 41.8 Å². The fourth-order valence-electron chi connectivity index (χ4n) is 2.48. The highest BCUT2D eigenvalue weighted by Gasteiger charge is 2.17. The van der Waals surface area contributed by atoms with E-state index in [1.54, 1.807) is 24.3 Å². The van der Waals surface area contributed by atoms with E-state index in [1.165, 1.54) is 12.1 Å². The fourth-order valence-corrected chi connectivity index (χ4v) is 2.48. The Kier molecular flexibility index (Phi) is 3.87. The van der Waals surface area contributed by atoms with Crippen molar-refractivity contribution in [3.05, 3.63) is 65.0 Å². The van der Waals surface area contributed by atoms with Crippen LogP contribution in [0.5, 0.6) is 0 Å². The molecule has 0 aromatic heterocycles. The van der Waals surface area contributed by atoms with Crippen molar-refractivity contribution in [2.75, 3.05) is 11.9 Å². The van der Waals surface area contributed by atoms with Crippen LogP contribution >= 0.6 is 0 Å². The van der Waals surface area contributed by atoms with Gasteiger partial charge in [-0.25, -0.2) is 4.39 Å². The minimum Gasteiger partial charge on any atom is -0.352 e. The van der Waals surface area contributed by atoms with Gasteiger partial charge in [-0.1, -0.05) is 18.2 Å². The van der Waals surface area contributed by atoms with Crippen LogP contribution in [0.1, 0.15) is 21.5 Å². The number of halogens is 1. The van der Waals surface area contributed by atoms with E-state index in [0.717, 1.165) is 17.5 Å². The Labute approximate surface area is 127 Å². The molecular weight excluding hydrogens is 283 g/mol. The van der Waals surface area contributed by atoms with Crippen LogP contribution < -0.4 is 10.6 Å². The number of nitrogens with one attached hydrogen (secondary N) is 2. The molecule has 2 aromatic rings.